The molecule has 3 aliphatic heterocycles. The van der Waals surface area contributed by atoms with Crippen LogP contribution in [0.2, 0.25) is 0 Å². The van der Waals surface area contributed by atoms with E-state index in [1.54, 1.807) is 54.5 Å². The van der Waals surface area contributed by atoms with Gasteiger partial charge >= 0.3 is 22.3 Å². The molecule has 3 fully saturated rings. The maximum Gasteiger partial charge on any atom is 0.415 e. The van der Waals surface area contributed by atoms with Crippen molar-refractivity contribution in [3.63, 3.8) is 0 Å². The molecule has 0 spiro atoms. The summed E-state index contributed by atoms with van der Waals surface area (Å²) in [5.41, 5.74) is 0.884. The minimum atomic E-state index is -4.17. The Morgan fingerprint density at radius 2 is 1.64 bits per heavy atom. The van der Waals surface area contributed by atoms with Crippen LogP contribution in [-0.2, 0) is 19.8 Å². The number of fused-ring (bicyclic) bond motifs is 1. The smallest absolute Gasteiger partial charge is 0.415 e. The molecule has 5 aromatic rings. The molecule has 18 nitrogen and oxygen atoms in total. The number of urea groups is 1. The molecule has 5 amide bonds. The number of carbonyl (C=O) groups is 5. The van der Waals surface area contributed by atoms with E-state index in [4.69, 9.17) is 4.74 Å². The van der Waals surface area contributed by atoms with Gasteiger partial charge in [-0.1, -0.05) is 19.1 Å². The van der Waals surface area contributed by atoms with Crippen LogP contribution in [-0.4, -0.2) is 124 Å². The van der Waals surface area contributed by atoms with Crippen molar-refractivity contribution < 1.29 is 51.0 Å². The van der Waals surface area contributed by atoms with Gasteiger partial charge in [-0.05, 0) is 79.6 Å². The average Bonchev–Trinajstić information content (AvgIpc) is 3.75. The molecular weight excluding hydrogens is 881 g/mol. The number of halogens is 2. The number of rotatable bonds is 12. The molecule has 1 atom stereocenters. The molecule has 3 aliphatic rings. The van der Waals surface area contributed by atoms with Crippen molar-refractivity contribution in [2.75, 3.05) is 49.4 Å². The number of carbonyl (C=O) groups excluding carboxylic acids is 4. The molecular formula is C45H47F2N9O9S. The van der Waals surface area contributed by atoms with Gasteiger partial charge in [-0.25, -0.2) is 33.2 Å². The molecule has 66 heavy (non-hydrogen) atoms. The highest BCUT2D eigenvalue weighted by atomic mass is 32.2. The predicted octanol–water partition coefficient (Wildman–Crippen LogP) is 5.87. The molecule has 346 valence electrons. The maximum atomic E-state index is 15.6. The summed E-state index contributed by atoms with van der Waals surface area (Å²) in [7, 11) is -2.89. The number of anilines is 2. The summed E-state index contributed by atoms with van der Waals surface area (Å²) in [6.45, 7) is 3.31. The van der Waals surface area contributed by atoms with E-state index in [0.29, 0.717) is 81.0 Å². The lowest BCUT2D eigenvalue weighted by Crippen LogP contribution is -2.55. The number of imide groups is 2. The number of hydrogen-bond acceptors (Lipinski definition) is 11. The lowest BCUT2D eigenvalue weighted by Gasteiger charge is -2.40. The first kappa shape index (κ1) is 45.6. The van der Waals surface area contributed by atoms with Gasteiger partial charge in [0.2, 0.25) is 11.7 Å². The Balaban J connectivity index is 0.871. The highest BCUT2D eigenvalue weighted by Crippen LogP contribution is 2.33. The summed E-state index contributed by atoms with van der Waals surface area (Å²) in [5.74, 6) is -3.05. The lowest BCUT2D eigenvalue weighted by molar-refractivity contribution is -0.138. The first-order chi connectivity index (χ1) is 31.6. The highest BCUT2D eigenvalue weighted by Gasteiger charge is 2.37. The number of benzene rings is 2. The van der Waals surface area contributed by atoms with Crippen LogP contribution < -0.4 is 19.7 Å². The Morgan fingerprint density at radius 1 is 0.924 bits per heavy atom. The number of amides is 5. The van der Waals surface area contributed by atoms with E-state index >= 15 is 8.78 Å². The van der Waals surface area contributed by atoms with Gasteiger partial charge in [0.1, 0.15) is 23.0 Å². The molecule has 0 bridgehead atoms. The highest BCUT2D eigenvalue weighted by molar-refractivity contribution is 7.90. The van der Waals surface area contributed by atoms with Gasteiger partial charge in [0, 0.05) is 99.3 Å². The van der Waals surface area contributed by atoms with Crippen LogP contribution in [0.5, 0.6) is 5.75 Å². The van der Waals surface area contributed by atoms with Gasteiger partial charge in [0.15, 0.2) is 11.9 Å². The molecule has 1 unspecified atom stereocenters. The fraction of sp³-hybridized carbons (Fsp3) is 0.356. The van der Waals surface area contributed by atoms with E-state index in [2.05, 4.69) is 25.0 Å². The van der Waals surface area contributed by atoms with Crippen molar-refractivity contribution in [3.8, 4) is 16.9 Å². The summed E-state index contributed by atoms with van der Waals surface area (Å²) < 4.78 is 64.6. The number of aromatic nitrogens is 3. The summed E-state index contributed by atoms with van der Waals surface area (Å²) >= 11 is 0. The van der Waals surface area contributed by atoms with Crippen LogP contribution in [0.1, 0.15) is 72.9 Å². The summed E-state index contributed by atoms with van der Waals surface area (Å²) in [4.78, 5) is 79.9. The zero-order valence-corrected chi connectivity index (χ0v) is 36.8. The van der Waals surface area contributed by atoms with Crippen LogP contribution >= 0.6 is 0 Å². The molecule has 3 aromatic heterocycles. The molecule has 4 N–H and O–H groups in total. The first-order valence-electron chi connectivity index (χ1n) is 21.5. The van der Waals surface area contributed by atoms with Crippen LogP contribution in [0.3, 0.4) is 0 Å². The van der Waals surface area contributed by atoms with Gasteiger partial charge in [-0.15, -0.1) is 0 Å². The quantitative estimate of drug-likeness (QED) is 0.0851. The zero-order valence-electron chi connectivity index (χ0n) is 36.0. The SMILES string of the molecule is CCN(C)S(=O)(=O)Nc1ccc(F)c(C(=O)c2c[nH]c3ncc(-c4ccc(N5CCC(N(C(=O)O)C(=O)N6CCC(c7ccc(OC8CCC(=O)NC8=O)cc7)CC6)CC5)nc4)cc23)c1F. The van der Waals surface area contributed by atoms with Gasteiger partial charge in [-0.2, -0.15) is 12.7 Å². The van der Waals surface area contributed by atoms with E-state index in [-0.39, 0.29) is 41.4 Å². The minimum Gasteiger partial charge on any atom is -0.481 e. The normalized spacial score (nSPS) is 17.5. The third-order valence-corrected chi connectivity index (χ3v) is 14.0. The van der Waals surface area contributed by atoms with Crippen molar-refractivity contribution in [2.45, 2.75) is 63.5 Å². The monoisotopic (exact) mass is 927 g/mol. The van der Waals surface area contributed by atoms with Crippen LogP contribution in [0.25, 0.3) is 22.2 Å². The average molecular weight is 928 g/mol. The Kier molecular flexibility index (Phi) is 13.0. The second kappa shape index (κ2) is 18.8. The largest absolute Gasteiger partial charge is 0.481 e. The number of pyridine rings is 2. The number of ether oxygens (including phenoxy) is 1. The Labute approximate surface area is 378 Å². The number of hydrogen-bond donors (Lipinski definition) is 4. The third kappa shape index (κ3) is 9.39. The molecule has 3 saturated heterocycles. The van der Waals surface area contributed by atoms with Crippen LogP contribution in [0, 0.1) is 11.6 Å². The van der Waals surface area contributed by atoms with Gasteiger partial charge in [0.25, 0.3) is 5.91 Å². The summed E-state index contributed by atoms with van der Waals surface area (Å²) in [6, 6.07) is 13.3. The van der Waals surface area contributed by atoms with E-state index in [0.717, 1.165) is 26.9 Å². The fourth-order valence-electron chi connectivity index (χ4n) is 8.53. The number of nitrogens with one attached hydrogen (secondary N) is 3. The molecule has 2 aromatic carbocycles. The predicted molar refractivity (Wildman–Crippen MR) is 237 cm³/mol. The number of likely N-dealkylation sites (tertiary alicyclic amines) is 1. The fourth-order valence-corrected chi connectivity index (χ4v) is 9.46. The van der Waals surface area contributed by atoms with Crippen molar-refractivity contribution in [1.82, 2.24) is 34.4 Å². The second-order valence-corrected chi connectivity index (χ2v) is 18.2. The van der Waals surface area contributed by atoms with Crippen molar-refractivity contribution in [1.29, 1.82) is 0 Å². The van der Waals surface area contributed by atoms with Gasteiger partial charge < -0.3 is 24.6 Å². The van der Waals surface area contributed by atoms with E-state index in [1.165, 1.54) is 13.2 Å². The Bertz CT molecular complexity index is 2790. The van der Waals surface area contributed by atoms with Crippen LogP contribution in [0.4, 0.5) is 29.9 Å². The molecule has 6 heterocycles. The van der Waals surface area contributed by atoms with Gasteiger partial charge in [-0.3, -0.25) is 24.4 Å². The Morgan fingerprint density at radius 3 is 2.29 bits per heavy atom. The number of carboxylic acid groups (broad SMARTS) is 1. The summed E-state index contributed by atoms with van der Waals surface area (Å²) in [5, 5.41) is 12.8. The molecule has 8 rings (SSSR count). The number of ketones is 1. The third-order valence-electron chi connectivity index (χ3n) is 12.4. The van der Waals surface area contributed by atoms with E-state index in [1.807, 2.05) is 17.0 Å². The number of piperidine rings is 3. The number of aromatic amines is 1. The standard InChI is InChI=1S/C45H47F2N9O9S/c1-3-53(2)66(63,64)52-35-10-9-34(46)39(40(35)47)41(58)33-25-50-42-32(33)22-29(24-49-42)28-6-12-37(48-23-28)54-20-16-30(17-21-54)56(45(61)62)44(60)55-18-14-27(15-19-55)26-4-7-31(8-5-26)65-36-11-13-38(57)51-43(36)59/h4-10,12,22-25,27,30,36,52H,3,11,13-21H2,1-2H3,(H,49,50)(H,61,62)(H,51,57,59). The first-order valence-corrected chi connectivity index (χ1v) is 22.9. The topological polar surface area (TPSA) is 228 Å². The van der Waals surface area contributed by atoms with Crippen molar-refractivity contribution in [3.05, 3.63) is 102 Å². The lowest BCUT2D eigenvalue weighted by atomic mass is 9.89. The summed E-state index contributed by atoms with van der Waals surface area (Å²) in [6.07, 6.45) is 5.00. The number of nitrogens with zero attached hydrogens (tertiary/aromatic N) is 6. The van der Waals surface area contributed by atoms with E-state index < -0.39 is 69.1 Å². The van der Waals surface area contributed by atoms with Crippen molar-refractivity contribution in [2.24, 2.45) is 0 Å². The molecule has 0 aliphatic carbocycles. The van der Waals surface area contributed by atoms with Crippen molar-refractivity contribution >= 4 is 62.5 Å². The Hall–Kier alpha value is -7.00. The maximum absolute atomic E-state index is 15.6. The van der Waals surface area contributed by atoms with Gasteiger partial charge in [0.05, 0.1) is 11.3 Å². The second-order valence-electron chi connectivity index (χ2n) is 16.4. The minimum absolute atomic E-state index is 0.0837. The van der Waals surface area contributed by atoms with Crippen LogP contribution in [0.15, 0.2) is 73.2 Å². The molecule has 0 radical (unpaired) electrons. The number of H-pyrrole nitrogens is 1. The molecule has 0 saturated carbocycles. The zero-order chi connectivity index (χ0) is 46.9. The van der Waals surface area contributed by atoms with E-state index in [9.17, 15) is 37.5 Å². The molecule has 21 heteroatoms.